The molecule has 0 bridgehead atoms. The van der Waals surface area contributed by atoms with Crippen LogP contribution in [0.25, 0.3) is 33.7 Å². The molecule has 2 aliphatic heterocycles. The fraction of sp³-hybridized carbons (Fsp3) is 0.125. The van der Waals surface area contributed by atoms with E-state index in [1.54, 1.807) is 12.4 Å². The summed E-state index contributed by atoms with van der Waals surface area (Å²) in [5.41, 5.74) is 8.14. The highest BCUT2D eigenvalue weighted by atomic mass is 16.5. The molecule has 0 aliphatic carbocycles. The van der Waals surface area contributed by atoms with Crippen molar-refractivity contribution in [2.45, 2.75) is 6.92 Å². The van der Waals surface area contributed by atoms with Gasteiger partial charge in [-0.25, -0.2) is 4.98 Å². The molecule has 0 fully saturated rings. The number of carbonyl (C=O) groups is 1. The zero-order valence-electron chi connectivity index (χ0n) is 16.8. The third kappa shape index (κ3) is 2.93. The number of anilines is 2. The molecule has 2 aliphatic rings. The molecule has 0 radical (unpaired) electrons. The minimum atomic E-state index is -0.109. The van der Waals surface area contributed by atoms with E-state index in [0.717, 1.165) is 56.8 Å². The molecule has 4 aromatic rings. The Morgan fingerprint density at radius 2 is 2.03 bits per heavy atom. The van der Waals surface area contributed by atoms with Crippen molar-refractivity contribution in [1.29, 1.82) is 0 Å². The van der Waals surface area contributed by atoms with Crippen molar-refractivity contribution >= 4 is 39.8 Å². The Morgan fingerprint density at radius 1 is 1.10 bits per heavy atom. The van der Waals surface area contributed by atoms with Crippen LogP contribution in [0.2, 0.25) is 0 Å². The van der Waals surface area contributed by atoms with Gasteiger partial charge in [0.15, 0.2) is 0 Å². The number of aromatic nitrogens is 3. The summed E-state index contributed by atoms with van der Waals surface area (Å²) in [6.07, 6.45) is 7.26. The van der Waals surface area contributed by atoms with Gasteiger partial charge in [-0.1, -0.05) is 0 Å². The topological polar surface area (TPSA) is 91.9 Å². The average molecular weight is 409 g/mol. The third-order valence-corrected chi connectivity index (χ3v) is 5.71. The fourth-order valence-electron chi connectivity index (χ4n) is 4.20. The number of hydrogen-bond donors (Lipinski definition) is 3. The Bertz CT molecular complexity index is 1370. The van der Waals surface area contributed by atoms with Crippen LogP contribution in [0.5, 0.6) is 5.88 Å². The van der Waals surface area contributed by atoms with Crippen LogP contribution in [0.3, 0.4) is 0 Å². The quantitative estimate of drug-likeness (QED) is 0.431. The lowest BCUT2D eigenvalue weighted by Crippen LogP contribution is -2.18. The van der Waals surface area contributed by atoms with Gasteiger partial charge in [0, 0.05) is 58.5 Å². The highest BCUT2D eigenvalue weighted by molar-refractivity contribution is 6.35. The predicted molar refractivity (Wildman–Crippen MR) is 121 cm³/mol. The van der Waals surface area contributed by atoms with Crippen LogP contribution in [0, 0.1) is 6.92 Å². The number of H-pyrrole nitrogens is 1. The second-order valence-electron chi connectivity index (χ2n) is 7.76. The standard InChI is InChI=1S/C24H19N5O2/c1-13-6-21-18(10-17(13)14-8-22-24(27-12-14)31-5-4-26-22)19(23(30)29-21)9-16-7-15-11-25-3-2-20(15)28-16/h2-3,6-12,26,28H,4-5H2,1H3,(H,29,30)/b19-9-. The Hall–Kier alpha value is -4.13. The van der Waals surface area contributed by atoms with Gasteiger partial charge in [0.2, 0.25) is 5.88 Å². The van der Waals surface area contributed by atoms with Gasteiger partial charge >= 0.3 is 0 Å². The number of hydrogen-bond acceptors (Lipinski definition) is 5. The summed E-state index contributed by atoms with van der Waals surface area (Å²) in [6, 6.07) is 10.0. The van der Waals surface area contributed by atoms with E-state index in [0.29, 0.717) is 18.1 Å². The van der Waals surface area contributed by atoms with Crippen LogP contribution in [0.4, 0.5) is 11.4 Å². The molecule has 1 aromatic carbocycles. The van der Waals surface area contributed by atoms with Crippen molar-refractivity contribution in [1.82, 2.24) is 15.0 Å². The highest BCUT2D eigenvalue weighted by Gasteiger charge is 2.26. The van der Waals surface area contributed by atoms with Gasteiger partial charge in [-0.15, -0.1) is 0 Å². The Morgan fingerprint density at radius 3 is 2.94 bits per heavy atom. The van der Waals surface area contributed by atoms with Crippen LogP contribution < -0.4 is 15.4 Å². The molecule has 7 heteroatoms. The Labute approximate surface area is 178 Å². The molecule has 0 atom stereocenters. The van der Waals surface area contributed by atoms with E-state index in [-0.39, 0.29) is 5.91 Å². The van der Waals surface area contributed by atoms with E-state index in [1.165, 1.54) is 0 Å². The second-order valence-corrected chi connectivity index (χ2v) is 7.76. The van der Waals surface area contributed by atoms with E-state index in [2.05, 4.69) is 37.7 Å². The Balaban J connectivity index is 1.45. The summed E-state index contributed by atoms with van der Waals surface area (Å²) in [7, 11) is 0. The van der Waals surface area contributed by atoms with Gasteiger partial charge in [-0.3, -0.25) is 9.78 Å². The summed E-state index contributed by atoms with van der Waals surface area (Å²) < 4.78 is 5.60. The van der Waals surface area contributed by atoms with Gasteiger partial charge in [0.1, 0.15) is 6.61 Å². The zero-order chi connectivity index (χ0) is 20.9. The first-order chi connectivity index (χ1) is 15.2. The number of fused-ring (bicyclic) bond motifs is 3. The summed E-state index contributed by atoms with van der Waals surface area (Å²) in [6.45, 7) is 3.41. The summed E-state index contributed by atoms with van der Waals surface area (Å²) in [5.74, 6) is 0.515. The molecule has 31 heavy (non-hydrogen) atoms. The number of nitrogens with one attached hydrogen (secondary N) is 3. The average Bonchev–Trinajstić information content (AvgIpc) is 3.33. The van der Waals surface area contributed by atoms with E-state index in [9.17, 15) is 4.79 Å². The van der Waals surface area contributed by atoms with Crippen molar-refractivity contribution in [2.24, 2.45) is 0 Å². The lowest BCUT2D eigenvalue weighted by Gasteiger charge is -2.19. The minimum absolute atomic E-state index is 0.109. The monoisotopic (exact) mass is 409 g/mol. The molecule has 0 unspecified atom stereocenters. The van der Waals surface area contributed by atoms with Gasteiger partial charge in [-0.05, 0) is 54.5 Å². The minimum Gasteiger partial charge on any atom is -0.474 e. The molecule has 3 aromatic heterocycles. The normalized spacial score (nSPS) is 15.9. The van der Waals surface area contributed by atoms with Crippen LogP contribution in [-0.4, -0.2) is 34.0 Å². The van der Waals surface area contributed by atoms with Gasteiger partial charge < -0.3 is 20.4 Å². The highest BCUT2D eigenvalue weighted by Crippen LogP contribution is 2.39. The number of carbonyl (C=O) groups excluding carboxylic acids is 1. The second kappa shape index (κ2) is 6.70. The maximum Gasteiger partial charge on any atom is 0.256 e. The molecule has 152 valence electrons. The number of nitrogens with zero attached hydrogens (tertiary/aromatic N) is 2. The maximum atomic E-state index is 12.8. The van der Waals surface area contributed by atoms with E-state index < -0.39 is 0 Å². The number of benzene rings is 1. The largest absolute Gasteiger partial charge is 0.474 e. The van der Waals surface area contributed by atoms with E-state index in [1.807, 2.05) is 37.4 Å². The van der Waals surface area contributed by atoms with Crippen molar-refractivity contribution in [3.05, 3.63) is 65.7 Å². The summed E-state index contributed by atoms with van der Waals surface area (Å²) in [4.78, 5) is 24.7. The van der Waals surface area contributed by atoms with Gasteiger partial charge in [0.25, 0.3) is 5.91 Å². The number of aryl methyl sites for hydroxylation is 1. The molecule has 7 nitrogen and oxygen atoms in total. The number of rotatable bonds is 2. The SMILES string of the molecule is Cc1cc2c(cc1-c1cnc3c(c1)NCCO3)/C(=C/c1cc3cnccc3[nH]1)C(=O)N2. The molecule has 0 saturated heterocycles. The number of aromatic amines is 1. The maximum absolute atomic E-state index is 12.8. The molecule has 1 amide bonds. The molecule has 0 spiro atoms. The van der Waals surface area contributed by atoms with Crippen molar-refractivity contribution in [3.63, 3.8) is 0 Å². The smallest absolute Gasteiger partial charge is 0.256 e. The lowest BCUT2D eigenvalue weighted by atomic mass is 9.95. The zero-order valence-corrected chi connectivity index (χ0v) is 16.8. The van der Waals surface area contributed by atoms with E-state index in [4.69, 9.17) is 4.74 Å². The fourth-order valence-corrected chi connectivity index (χ4v) is 4.20. The van der Waals surface area contributed by atoms with Gasteiger partial charge in [-0.2, -0.15) is 0 Å². The van der Waals surface area contributed by atoms with Crippen molar-refractivity contribution < 1.29 is 9.53 Å². The van der Waals surface area contributed by atoms with Gasteiger partial charge in [0.05, 0.1) is 11.3 Å². The molecular weight excluding hydrogens is 390 g/mol. The van der Waals surface area contributed by atoms with Crippen LogP contribution >= 0.6 is 0 Å². The Kier molecular flexibility index (Phi) is 3.83. The van der Waals surface area contributed by atoms with Crippen molar-refractivity contribution in [3.8, 4) is 17.0 Å². The molecule has 5 heterocycles. The molecule has 3 N–H and O–H groups in total. The summed E-state index contributed by atoms with van der Waals surface area (Å²) >= 11 is 0. The summed E-state index contributed by atoms with van der Waals surface area (Å²) in [5, 5.41) is 7.33. The predicted octanol–water partition coefficient (Wildman–Crippen LogP) is 4.23. The molecule has 0 saturated carbocycles. The first-order valence-electron chi connectivity index (χ1n) is 10.1. The van der Waals surface area contributed by atoms with Crippen LogP contribution in [-0.2, 0) is 4.79 Å². The molecular formula is C24H19N5O2. The first kappa shape index (κ1) is 17.7. The number of ether oxygens (including phenoxy) is 1. The van der Waals surface area contributed by atoms with Crippen LogP contribution in [0.1, 0.15) is 16.8 Å². The lowest BCUT2D eigenvalue weighted by molar-refractivity contribution is -0.110. The van der Waals surface area contributed by atoms with Crippen molar-refractivity contribution in [2.75, 3.05) is 23.8 Å². The number of amides is 1. The third-order valence-electron chi connectivity index (χ3n) is 5.71. The van der Waals surface area contributed by atoms with E-state index >= 15 is 0 Å². The first-order valence-corrected chi connectivity index (χ1v) is 10.1. The number of pyridine rings is 2. The molecule has 6 rings (SSSR count). The van der Waals surface area contributed by atoms with Crippen LogP contribution in [0.15, 0.2) is 48.9 Å².